The van der Waals surface area contributed by atoms with Gasteiger partial charge in [0.25, 0.3) is 0 Å². The standard InChI is InChI=1S/C18H23N3O3/c1-4-16(23)21-10-8-18(21,3)17(24)19-14-5-6-15-13(11-14)7-9-20(15)12(2)22/h5-6,11H,4,7-10H2,1-3H3,(H,19,24). The zero-order chi connectivity index (χ0) is 17.5. The fraction of sp³-hybridized carbons (Fsp3) is 0.500. The van der Waals surface area contributed by atoms with E-state index in [1.807, 2.05) is 25.1 Å². The number of amides is 3. The van der Waals surface area contributed by atoms with Gasteiger partial charge in [-0.2, -0.15) is 0 Å². The topological polar surface area (TPSA) is 69.7 Å². The number of likely N-dealkylation sites (tertiary alicyclic amines) is 1. The molecule has 1 fully saturated rings. The Morgan fingerprint density at radius 1 is 1.25 bits per heavy atom. The van der Waals surface area contributed by atoms with E-state index in [9.17, 15) is 14.4 Å². The second-order valence-electron chi connectivity index (χ2n) is 6.64. The van der Waals surface area contributed by atoms with Crippen LogP contribution in [0.15, 0.2) is 18.2 Å². The Kier molecular flexibility index (Phi) is 4.07. The van der Waals surface area contributed by atoms with Crippen LogP contribution in [0.4, 0.5) is 11.4 Å². The summed E-state index contributed by atoms with van der Waals surface area (Å²) in [4.78, 5) is 39.6. The molecule has 128 valence electrons. The average molecular weight is 329 g/mol. The molecule has 6 heteroatoms. The van der Waals surface area contributed by atoms with Gasteiger partial charge in [0.05, 0.1) is 0 Å². The number of benzene rings is 1. The Labute approximate surface area is 141 Å². The van der Waals surface area contributed by atoms with Gasteiger partial charge in [0.15, 0.2) is 0 Å². The van der Waals surface area contributed by atoms with Crippen molar-refractivity contribution >= 4 is 29.1 Å². The summed E-state index contributed by atoms with van der Waals surface area (Å²) in [7, 11) is 0. The van der Waals surface area contributed by atoms with Crippen LogP contribution in [0, 0.1) is 0 Å². The summed E-state index contributed by atoms with van der Waals surface area (Å²) < 4.78 is 0. The maximum absolute atomic E-state index is 12.7. The van der Waals surface area contributed by atoms with Crippen LogP contribution in [0.5, 0.6) is 0 Å². The largest absolute Gasteiger partial charge is 0.328 e. The van der Waals surface area contributed by atoms with E-state index >= 15 is 0 Å². The highest BCUT2D eigenvalue weighted by Gasteiger charge is 2.48. The Bertz CT molecular complexity index is 715. The van der Waals surface area contributed by atoms with E-state index in [1.165, 1.54) is 0 Å². The number of rotatable bonds is 3. The molecule has 0 aromatic heterocycles. The first kappa shape index (κ1) is 16.5. The van der Waals surface area contributed by atoms with E-state index in [1.54, 1.807) is 23.6 Å². The number of nitrogens with one attached hydrogen (secondary N) is 1. The van der Waals surface area contributed by atoms with Gasteiger partial charge >= 0.3 is 0 Å². The molecule has 1 saturated heterocycles. The van der Waals surface area contributed by atoms with Crippen LogP contribution in [0.1, 0.15) is 39.2 Å². The predicted octanol–water partition coefficient (Wildman–Crippen LogP) is 1.94. The molecule has 24 heavy (non-hydrogen) atoms. The summed E-state index contributed by atoms with van der Waals surface area (Å²) in [5, 5.41) is 2.93. The minimum Gasteiger partial charge on any atom is -0.328 e. The number of anilines is 2. The van der Waals surface area contributed by atoms with Gasteiger partial charge in [-0.05, 0) is 43.5 Å². The van der Waals surface area contributed by atoms with E-state index in [-0.39, 0.29) is 17.7 Å². The Morgan fingerprint density at radius 3 is 2.58 bits per heavy atom. The van der Waals surface area contributed by atoms with Gasteiger partial charge in [0, 0.05) is 37.8 Å². The lowest BCUT2D eigenvalue weighted by molar-refractivity contribution is -0.154. The van der Waals surface area contributed by atoms with Crippen molar-refractivity contribution in [3.05, 3.63) is 23.8 Å². The zero-order valence-corrected chi connectivity index (χ0v) is 14.4. The van der Waals surface area contributed by atoms with Crippen molar-refractivity contribution in [2.24, 2.45) is 0 Å². The first-order valence-electron chi connectivity index (χ1n) is 8.40. The van der Waals surface area contributed by atoms with Gasteiger partial charge in [-0.15, -0.1) is 0 Å². The highest BCUT2D eigenvalue weighted by Crippen LogP contribution is 2.34. The molecular weight excluding hydrogens is 306 g/mol. The molecule has 0 bridgehead atoms. The Hall–Kier alpha value is -2.37. The molecule has 6 nitrogen and oxygen atoms in total. The monoisotopic (exact) mass is 329 g/mol. The Morgan fingerprint density at radius 2 is 2.00 bits per heavy atom. The summed E-state index contributed by atoms with van der Waals surface area (Å²) >= 11 is 0. The Balaban J connectivity index is 1.74. The first-order chi connectivity index (χ1) is 11.4. The van der Waals surface area contributed by atoms with Crippen LogP contribution in [-0.4, -0.2) is 41.2 Å². The highest BCUT2D eigenvalue weighted by atomic mass is 16.2. The fourth-order valence-corrected chi connectivity index (χ4v) is 3.46. The lowest BCUT2D eigenvalue weighted by Crippen LogP contribution is -2.66. The number of carbonyl (C=O) groups excluding carboxylic acids is 3. The average Bonchev–Trinajstić information content (AvgIpc) is 2.96. The van der Waals surface area contributed by atoms with Gasteiger partial charge < -0.3 is 15.1 Å². The maximum Gasteiger partial charge on any atom is 0.250 e. The number of fused-ring (bicyclic) bond motifs is 1. The smallest absolute Gasteiger partial charge is 0.250 e. The number of nitrogens with zero attached hydrogens (tertiary/aromatic N) is 2. The van der Waals surface area contributed by atoms with Gasteiger partial charge in [-0.3, -0.25) is 14.4 Å². The van der Waals surface area contributed by atoms with E-state index in [2.05, 4.69) is 5.32 Å². The SMILES string of the molecule is CCC(=O)N1CCC1(C)C(=O)Nc1ccc2c(c1)CCN2C(C)=O. The fourth-order valence-electron chi connectivity index (χ4n) is 3.46. The van der Waals surface area contributed by atoms with Crippen LogP contribution in [0.3, 0.4) is 0 Å². The summed E-state index contributed by atoms with van der Waals surface area (Å²) in [5.41, 5.74) is 1.92. The van der Waals surface area contributed by atoms with Crippen LogP contribution < -0.4 is 10.2 Å². The normalized spacial score (nSPS) is 22.0. The van der Waals surface area contributed by atoms with Crippen LogP contribution in [0.25, 0.3) is 0 Å². The molecule has 2 heterocycles. The van der Waals surface area contributed by atoms with E-state index in [0.717, 1.165) is 17.7 Å². The third kappa shape index (κ3) is 2.56. The molecule has 2 aliphatic rings. The second-order valence-corrected chi connectivity index (χ2v) is 6.64. The summed E-state index contributed by atoms with van der Waals surface area (Å²) in [5.74, 6) is -0.122. The molecule has 0 radical (unpaired) electrons. The maximum atomic E-state index is 12.7. The lowest BCUT2D eigenvalue weighted by atomic mass is 9.85. The minimum absolute atomic E-state index is 0.00459. The molecule has 1 aromatic carbocycles. The van der Waals surface area contributed by atoms with Crippen LogP contribution >= 0.6 is 0 Å². The quantitative estimate of drug-likeness (QED) is 0.921. The molecule has 0 saturated carbocycles. The van der Waals surface area contributed by atoms with Gasteiger partial charge in [-0.1, -0.05) is 6.92 Å². The van der Waals surface area contributed by atoms with Gasteiger partial charge in [0.1, 0.15) is 5.54 Å². The number of hydrogen-bond acceptors (Lipinski definition) is 3. The molecule has 1 unspecified atom stereocenters. The summed E-state index contributed by atoms with van der Waals surface area (Å²) in [6.07, 6.45) is 1.87. The summed E-state index contributed by atoms with van der Waals surface area (Å²) in [6, 6.07) is 5.60. The van der Waals surface area contributed by atoms with Crippen molar-refractivity contribution in [1.82, 2.24) is 4.90 Å². The third-order valence-corrected chi connectivity index (χ3v) is 5.12. The second kappa shape index (κ2) is 5.92. The van der Waals surface area contributed by atoms with Crippen LogP contribution in [0.2, 0.25) is 0 Å². The van der Waals surface area contributed by atoms with Crippen molar-refractivity contribution in [3.8, 4) is 0 Å². The molecule has 1 aromatic rings. The van der Waals surface area contributed by atoms with Crippen molar-refractivity contribution in [1.29, 1.82) is 0 Å². The number of carbonyl (C=O) groups is 3. The first-order valence-corrected chi connectivity index (χ1v) is 8.40. The number of hydrogen-bond donors (Lipinski definition) is 1. The van der Waals surface area contributed by atoms with Crippen LogP contribution in [-0.2, 0) is 20.8 Å². The van der Waals surface area contributed by atoms with Crippen molar-refractivity contribution < 1.29 is 14.4 Å². The minimum atomic E-state index is -0.766. The molecule has 3 rings (SSSR count). The molecule has 0 aliphatic carbocycles. The van der Waals surface area contributed by atoms with E-state index in [4.69, 9.17) is 0 Å². The molecule has 1 N–H and O–H groups in total. The predicted molar refractivity (Wildman–Crippen MR) is 91.8 cm³/mol. The van der Waals surface area contributed by atoms with Crippen molar-refractivity contribution in [2.75, 3.05) is 23.3 Å². The van der Waals surface area contributed by atoms with Crippen molar-refractivity contribution in [3.63, 3.8) is 0 Å². The molecule has 0 spiro atoms. The molecular formula is C18H23N3O3. The summed E-state index contributed by atoms with van der Waals surface area (Å²) in [6.45, 7) is 6.49. The zero-order valence-electron chi connectivity index (χ0n) is 14.4. The third-order valence-electron chi connectivity index (χ3n) is 5.12. The highest BCUT2D eigenvalue weighted by molar-refractivity contribution is 6.02. The molecule has 1 atom stereocenters. The van der Waals surface area contributed by atoms with Gasteiger partial charge in [-0.25, -0.2) is 0 Å². The lowest BCUT2D eigenvalue weighted by Gasteiger charge is -2.49. The van der Waals surface area contributed by atoms with E-state index < -0.39 is 5.54 Å². The molecule has 3 amide bonds. The van der Waals surface area contributed by atoms with E-state index in [0.29, 0.717) is 31.6 Å². The van der Waals surface area contributed by atoms with Crippen molar-refractivity contribution in [2.45, 2.75) is 45.6 Å². The van der Waals surface area contributed by atoms with Gasteiger partial charge in [0.2, 0.25) is 17.7 Å². The molecule has 2 aliphatic heterocycles.